The lowest BCUT2D eigenvalue weighted by Gasteiger charge is -2.34. The Bertz CT molecular complexity index is 1470. The van der Waals surface area contributed by atoms with Crippen LogP contribution in [0.25, 0.3) is 0 Å². The van der Waals surface area contributed by atoms with Crippen molar-refractivity contribution in [2.75, 3.05) is 17.5 Å². The van der Waals surface area contributed by atoms with Crippen LogP contribution in [0.2, 0.25) is 10.0 Å². The molecule has 0 aliphatic heterocycles. The molecule has 0 heterocycles. The normalized spacial score (nSPS) is 12.1. The number of hydrogen-bond donors (Lipinski definition) is 1. The molecule has 0 saturated carbocycles. The number of nitrogens with zero attached hydrogens (tertiary/aromatic N) is 2. The van der Waals surface area contributed by atoms with Crippen molar-refractivity contribution in [3.8, 4) is 5.75 Å². The van der Waals surface area contributed by atoms with Crippen LogP contribution >= 0.6 is 23.2 Å². The number of anilines is 1. The second-order valence-electron chi connectivity index (χ2n) is 9.70. The van der Waals surface area contributed by atoms with E-state index in [-0.39, 0.29) is 29.6 Å². The van der Waals surface area contributed by atoms with E-state index in [0.717, 1.165) is 28.6 Å². The van der Waals surface area contributed by atoms with Gasteiger partial charge < -0.3 is 15.0 Å². The summed E-state index contributed by atoms with van der Waals surface area (Å²) in [6.45, 7) is 6.76. The number of rotatable bonds is 13. The average Bonchev–Trinajstić information content (AvgIpc) is 2.93. The summed E-state index contributed by atoms with van der Waals surface area (Å²) in [6.07, 6.45) is 0.236. The fourth-order valence-corrected chi connectivity index (χ4v) is 6.22. The second-order valence-corrected chi connectivity index (χ2v) is 12.4. The summed E-state index contributed by atoms with van der Waals surface area (Å²) in [5.74, 6) is -1.17. The van der Waals surface area contributed by atoms with Crippen molar-refractivity contribution in [3.63, 3.8) is 0 Å². The molecule has 3 aromatic rings. The maximum atomic E-state index is 14.1. The van der Waals surface area contributed by atoms with Gasteiger partial charge in [-0.15, -0.1) is 0 Å². The van der Waals surface area contributed by atoms with Crippen LogP contribution in [0.4, 0.5) is 10.1 Å². The zero-order valence-electron chi connectivity index (χ0n) is 23.8. The Kier molecular flexibility index (Phi) is 11.6. The zero-order chi connectivity index (χ0) is 31.0. The maximum Gasteiger partial charge on any atom is 0.264 e. The highest BCUT2D eigenvalue weighted by Gasteiger charge is 2.34. The number of halogens is 3. The van der Waals surface area contributed by atoms with Crippen LogP contribution in [0.1, 0.15) is 39.7 Å². The zero-order valence-corrected chi connectivity index (χ0v) is 26.1. The molecule has 1 N–H and O–H groups in total. The number of amides is 2. The quantitative estimate of drug-likeness (QED) is 0.246. The summed E-state index contributed by atoms with van der Waals surface area (Å²) in [5, 5.41) is 3.42. The van der Waals surface area contributed by atoms with Gasteiger partial charge in [-0.05, 0) is 87.9 Å². The molecule has 0 aliphatic carbocycles. The number of nitrogens with one attached hydrogen (secondary N) is 1. The maximum absolute atomic E-state index is 14.1. The Labute approximate surface area is 256 Å². The van der Waals surface area contributed by atoms with E-state index in [1.165, 1.54) is 17.0 Å². The lowest BCUT2D eigenvalue weighted by atomic mass is 10.1. The van der Waals surface area contributed by atoms with E-state index >= 15 is 0 Å². The third kappa shape index (κ3) is 8.14. The number of benzene rings is 3. The van der Waals surface area contributed by atoms with Crippen LogP contribution in [0.15, 0.2) is 71.6 Å². The van der Waals surface area contributed by atoms with Gasteiger partial charge in [-0.25, -0.2) is 12.8 Å². The molecule has 2 amide bonds. The molecular weight excluding hydrogens is 604 g/mol. The first-order chi connectivity index (χ1) is 19.9. The molecule has 226 valence electrons. The minimum atomic E-state index is -4.36. The molecule has 0 spiro atoms. The highest BCUT2D eigenvalue weighted by Crippen LogP contribution is 2.29. The van der Waals surface area contributed by atoms with Gasteiger partial charge in [-0.2, -0.15) is 0 Å². The van der Waals surface area contributed by atoms with E-state index in [2.05, 4.69) is 5.32 Å². The standard InChI is InChI=1S/C30H34Cl2FN3O5S/c1-5-28(30(38)34-20(3)4)35(18-25-26(31)8-7-9-27(25)32)29(37)19-36(22-12-14-23(15-13-22)41-6-2)42(39,40)24-16-10-21(33)11-17-24/h7-17,20,28H,5-6,18-19H2,1-4H3,(H,34,38). The molecule has 12 heteroatoms. The van der Waals surface area contributed by atoms with Gasteiger partial charge in [0, 0.05) is 28.2 Å². The molecular formula is C30H34Cl2FN3O5S. The number of hydrogen-bond acceptors (Lipinski definition) is 5. The Morgan fingerprint density at radius 3 is 2.07 bits per heavy atom. The van der Waals surface area contributed by atoms with Gasteiger partial charge in [0.2, 0.25) is 11.8 Å². The largest absolute Gasteiger partial charge is 0.494 e. The number of ether oxygens (including phenoxy) is 1. The van der Waals surface area contributed by atoms with Gasteiger partial charge in [0.15, 0.2) is 0 Å². The number of sulfonamides is 1. The molecule has 0 fully saturated rings. The lowest BCUT2D eigenvalue weighted by molar-refractivity contribution is -0.140. The summed E-state index contributed by atoms with van der Waals surface area (Å²) >= 11 is 12.9. The van der Waals surface area contributed by atoms with Crippen LogP contribution in [-0.2, 0) is 26.2 Å². The predicted octanol–water partition coefficient (Wildman–Crippen LogP) is 6.06. The first-order valence-electron chi connectivity index (χ1n) is 13.4. The van der Waals surface area contributed by atoms with Crippen molar-refractivity contribution >= 4 is 50.7 Å². The van der Waals surface area contributed by atoms with Crippen molar-refractivity contribution in [2.45, 2.75) is 57.6 Å². The molecule has 1 unspecified atom stereocenters. The first-order valence-corrected chi connectivity index (χ1v) is 15.6. The van der Waals surface area contributed by atoms with Gasteiger partial charge >= 0.3 is 0 Å². The van der Waals surface area contributed by atoms with E-state index < -0.39 is 40.2 Å². The summed E-state index contributed by atoms with van der Waals surface area (Å²) in [6, 6.07) is 14.2. The van der Waals surface area contributed by atoms with Gasteiger partial charge in [-0.3, -0.25) is 13.9 Å². The molecule has 8 nitrogen and oxygen atoms in total. The molecule has 0 aromatic heterocycles. The minimum Gasteiger partial charge on any atom is -0.494 e. The summed E-state index contributed by atoms with van der Waals surface area (Å²) in [5.41, 5.74) is 0.588. The van der Waals surface area contributed by atoms with Crippen molar-refractivity contribution < 1.29 is 27.1 Å². The fraction of sp³-hybridized carbons (Fsp3) is 0.333. The van der Waals surface area contributed by atoms with Crippen molar-refractivity contribution in [2.24, 2.45) is 0 Å². The molecule has 0 radical (unpaired) electrons. The highest BCUT2D eigenvalue weighted by atomic mass is 35.5. The first kappa shape index (κ1) is 33.2. The molecule has 0 saturated heterocycles. The Morgan fingerprint density at radius 2 is 1.55 bits per heavy atom. The van der Waals surface area contributed by atoms with Crippen LogP contribution in [0, 0.1) is 5.82 Å². The number of carbonyl (C=O) groups excluding carboxylic acids is 2. The molecule has 1 atom stereocenters. The average molecular weight is 639 g/mol. The van der Waals surface area contributed by atoms with Gasteiger partial charge in [0.25, 0.3) is 10.0 Å². The molecule has 42 heavy (non-hydrogen) atoms. The summed E-state index contributed by atoms with van der Waals surface area (Å²) in [7, 11) is -4.36. The van der Waals surface area contributed by atoms with Crippen molar-refractivity contribution in [3.05, 3.63) is 88.2 Å². The van der Waals surface area contributed by atoms with Crippen molar-refractivity contribution in [1.82, 2.24) is 10.2 Å². The third-order valence-corrected chi connectivity index (χ3v) is 8.82. The molecule has 0 bridgehead atoms. The Morgan fingerprint density at radius 1 is 0.952 bits per heavy atom. The van der Waals surface area contributed by atoms with E-state index in [9.17, 15) is 22.4 Å². The van der Waals surface area contributed by atoms with Crippen LogP contribution in [0.3, 0.4) is 0 Å². The van der Waals surface area contributed by atoms with Gasteiger partial charge in [0.1, 0.15) is 24.2 Å². The smallest absolute Gasteiger partial charge is 0.264 e. The molecule has 3 rings (SSSR count). The minimum absolute atomic E-state index is 0.144. The third-order valence-electron chi connectivity index (χ3n) is 6.32. The van der Waals surface area contributed by atoms with E-state index in [1.54, 1.807) is 51.1 Å². The fourth-order valence-electron chi connectivity index (χ4n) is 4.29. The predicted molar refractivity (Wildman–Crippen MR) is 163 cm³/mol. The van der Waals surface area contributed by atoms with Crippen LogP contribution < -0.4 is 14.4 Å². The lowest BCUT2D eigenvalue weighted by Crippen LogP contribution is -2.53. The van der Waals surface area contributed by atoms with E-state index in [0.29, 0.717) is 28.0 Å². The van der Waals surface area contributed by atoms with Crippen LogP contribution in [0.5, 0.6) is 5.75 Å². The molecule has 3 aromatic carbocycles. The number of carbonyl (C=O) groups is 2. The van der Waals surface area contributed by atoms with E-state index in [1.807, 2.05) is 6.92 Å². The Hall–Kier alpha value is -3.34. The second kappa shape index (κ2) is 14.7. The van der Waals surface area contributed by atoms with Gasteiger partial charge in [0.05, 0.1) is 17.2 Å². The molecule has 0 aliphatic rings. The van der Waals surface area contributed by atoms with Gasteiger partial charge in [-0.1, -0.05) is 36.2 Å². The van der Waals surface area contributed by atoms with E-state index in [4.69, 9.17) is 27.9 Å². The summed E-state index contributed by atoms with van der Waals surface area (Å²) in [4.78, 5) is 28.4. The topological polar surface area (TPSA) is 96.0 Å². The van der Waals surface area contributed by atoms with Crippen LogP contribution in [-0.4, -0.2) is 50.4 Å². The summed E-state index contributed by atoms with van der Waals surface area (Å²) < 4.78 is 47.8. The van der Waals surface area contributed by atoms with Crippen molar-refractivity contribution in [1.29, 1.82) is 0 Å². The SMILES string of the molecule is CCOc1ccc(N(CC(=O)N(Cc2c(Cl)cccc2Cl)C(CC)C(=O)NC(C)C)S(=O)(=O)c2ccc(F)cc2)cc1. The Balaban J connectivity index is 2.10. The highest BCUT2D eigenvalue weighted by molar-refractivity contribution is 7.92. The monoisotopic (exact) mass is 637 g/mol.